The molecule has 2 amide bonds. The second-order valence-electron chi connectivity index (χ2n) is 5.95. The van der Waals surface area contributed by atoms with Gasteiger partial charge < -0.3 is 20.3 Å². The van der Waals surface area contributed by atoms with Crippen LogP contribution in [0, 0.1) is 6.92 Å². The molecule has 0 bridgehead atoms. The van der Waals surface area contributed by atoms with Crippen molar-refractivity contribution in [2.24, 2.45) is 7.05 Å². The summed E-state index contributed by atoms with van der Waals surface area (Å²) in [4.78, 5) is 14.2. The first-order chi connectivity index (χ1) is 11.4. The van der Waals surface area contributed by atoms with Crippen molar-refractivity contribution in [3.05, 3.63) is 41.7 Å². The minimum atomic E-state index is -0.240. The first kappa shape index (κ1) is 17.8. The number of likely N-dealkylation sites (N-methyl/N-ethyl adjacent to an activating group) is 1. The number of ether oxygens (including phenoxy) is 1. The number of hydrogen-bond donors (Lipinski definition) is 2. The van der Waals surface area contributed by atoms with Gasteiger partial charge in [-0.2, -0.15) is 5.10 Å². The van der Waals surface area contributed by atoms with Crippen LogP contribution in [-0.2, 0) is 7.05 Å². The first-order valence-electron chi connectivity index (χ1n) is 7.75. The van der Waals surface area contributed by atoms with Gasteiger partial charge in [0.25, 0.3) is 0 Å². The molecule has 1 aromatic carbocycles. The molecule has 7 nitrogen and oxygen atoms in total. The third-order valence-corrected chi connectivity index (χ3v) is 3.84. The van der Waals surface area contributed by atoms with Crippen molar-refractivity contribution in [2.45, 2.75) is 13.0 Å². The van der Waals surface area contributed by atoms with E-state index in [1.807, 2.05) is 58.7 Å². The number of urea groups is 1. The Bertz CT molecular complexity index is 696. The summed E-state index contributed by atoms with van der Waals surface area (Å²) in [5, 5.41) is 9.94. The zero-order valence-electron chi connectivity index (χ0n) is 14.8. The van der Waals surface area contributed by atoms with E-state index in [-0.39, 0.29) is 12.1 Å². The highest BCUT2D eigenvalue weighted by Crippen LogP contribution is 2.21. The SMILES string of the molecule is COc1ccc(NC(=O)NC[C@@H](c2cnn(C)c2)N(C)C)cc1C. The van der Waals surface area contributed by atoms with E-state index in [9.17, 15) is 4.79 Å². The van der Waals surface area contributed by atoms with Gasteiger partial charge in [-0.05, 0) is 44.8 Å². The number of nitrogens with zero attached hydrogens (tertiary/aromatic N) is 3. The largest absolute Gasteiger partial charge is 0.496 e. The molecule has 0 aliphatic carbocycles. The van der Waals surface area contributed by atoms with Crippen LogP contribution >= 0.6 is 0 Å². The highest BCUT2D eigenvalue weighted by molar-refractivity contribution is 5.89. The van der Waals surface area contributed by atoms with E-state index in [2.05, 4.69) is 20.6 Å². The van der Waals surface area contributed by atoms with Crippen LogP contribution in [0.15, 0.2) is 30.6 Å². The van der Waals surface area contributed by atoms with Crippen molar-refractivity contribution in [3.63, 3.8) is 0 Å². The van der Waals surface area contributed by atoms with Crippen molar-refractivity contribution in [2.75, 3.05) is 33.1 Å². The predicted molar refractivity (Wildman–Crippen MR) is 94.4 cm³/mol. The Kier molecular flexibility index (Phi) is 5.81. The number of aromatic nitrogens is 2. The fourth-order valence-corrected chi connectivity index (χ4v) is 2.53. The van der Waals surface area contributed by atoms with Gasteiger partial charge in [-0.1, -0.05) is 0 Å². The average molecular weight is 331 g/mol. The number of anilines is 1. The van der Waals surface area contributed by atoms with Crippen molar-refractivity contribution < 1.29 is 9.53 Å². The van der Waals surface area contributed by atoms with E-state index in [1.165, 1.54) is 0 Å². The van der Waals surface area contributed by atoms with Crippen LogP contribution < -0.4 is 15.4 Å². The molecular formula is C17H25N5O2. The van der Waals surface area contributed by atoms with E-state index >= 15 is 0 Å². The van der Waals surface area contributed by atoms with E-state index in [1.54, 1.807) is 11.8 Å². The summed E-state index contributed by atoms with van der Waals surface area (Å²) in [7, 11) is 7.46. The zero-order chi connectivity index (χ0) is 17.7. The first-order valence-corrected chi connectivity index (χ1v) is 7.75. The number of methoxy groups -OCH3 is 1. The minimum Gasteiger partial charge on any atom is -0.496 e. The second-order valence-corrected chi connectivity index (χ2v) is 5.95. The summed E-state index contributed by atoms with van der Waals surface area (Å²) in [6, 6.07) is 5.35. The highest BCUT2D eigenvalue weighted by Gasteiger charge is 2.17. The van der Waals surface area contributed by atoms with Gasteiger partial charge in [0.05, 0.1) is 19.3 Å². The van der Waals surface area contributed by atoms with Gasteiger partial charge in [0.15, 0.2) is 0 Å². The summed E-state index contributed by atoms with van der Waals surface area (Å²) in [6.07, 6.45) is 3.77. The molecule has 0 aliphatic rings. The van der Waals surface area contributed by atoms with Gasteiger partial charge in [0.1, 0.15) is 5.75 Å². The number of nitrogens with one attached hydrogen (secondary N) is 2. The Morgan fingerprint density at radius 2 is 2.17 bits per heavy atom. The lowest BCUT2D eigenvalue weighted by Gasteiger charge is -2.23. The van der Waals surface area contributed by atoms with Gasteiger partial charge in [-0.15, -0.1) is 0 Å². The van der Waals surface area contributed by atoms with Crippen LogP contribution in [0.25, 0.3) is 0 Å². The molecule has 24 heavy (non-hydrogen) atoms. The molecule has 1 heterocycles. The maximum absolute atomic E-state index is 12.1. The van der Waals surface area contributed by atoms with E-state index in [4.69, 9.17) is 4.74 Å². The van der Waals surface area contributed by atoms with Crippen LogP contribution in [-0.4, -0.2) is 48.5 Å². The number of rotatable bonds is 6. The Morgan fingerprint density at radius 1 is 1.42 bits per heavy atom. The molecule has 0 fully saturated rings. The van der Waals surface area contributed by atoms with Crippen LogP contribution in [0.1, 0.15) is 17.2 Å². The van der Waals surface area contributed by atoms with Crippen molar-refractivity contribution in [1.29, 1.82) is 0 Å². The summed E-state index contributed by atoms with van der Waals surface area (Å²) >= 11 is 0. The van der Waals surface area contributed by atoms with Gasteiger partial charge >= 0.3 is 6.03 Å². The number of hydrogen-bond acceptors (Lipinski definition) is 4. The van der Waals surface area contributed by atoms with Crippen molar-refractivity contribution in [1.82, 2.24) is 20.0 Å². The number of aryl methyl sites for hydroxylation is 2. The molecule has 2 aromatic rings. The van der Waals surface area contributed by atoms with E-state index < -0.39 is 0 Å². The van der Waals surface area contributed by atoms with Crippen LogP contribution in [0.2, 0.25) is 0 Å². The Morgan fingerprint density at radius 3 is 2.71 bits per heavy atom. The summed E-state index contributed by atoms with van der Waals surface area (Å²) in [5.74, 6) is 0.796. The molecular weight excluding hydrogens is 306 g/mol. The normalized spacial score (nSPS) is 12.1. The van der Waals surface area contributed by atoms with Gasteiger partial charge in [0.2, 0.25) is 0 Å². The lowest BCUT2D eigenvalue weighted by atomic mass is 10.1. The number of amides is 2. The molecule has 0 aliphatic heterocycles. The number of carbonyl (C=O) groups excluding carboxylic acids is 1. The number of benzene rings is 1. The minimum absolute atomic E-state index is 0.0575. The topological polar surface area (TPSA) is 71.4 Å². The monoisotopic (exact) mass is 331 g/mol. The second kappa shape index (κ2) is 7.83. The fourth-order valence-electron chi connectivity index (χ4n) is 2.53. The third-order valence-electron chi connectivity index (χ3n) is 3.84. The number of carbonyl (C=O) groups is 1. The average Bonchev–Trinajstić information content (AvgIpc) is 2.93. The maximum atomic E-state index is 12.1. The van der Waals surface area contributed by atoms with Crippen molar-refractivity contribution in [3.8, 4) is 5.75 Å². The van der Waals surface area contributed by atoms with Gasteiger partial charge in [0, 0.05) is 31.0 Å². The Hall–Kier alpha value is -2.54. The standard InChI is InChI=1S/C17H25N5O2/c1-12-8-14(6-7-16(12)24-5)20-17(23)18-10-15(21(2)3)13-9-19-22(4)11-13/h6-9,11,15H,10H2,1-5H3,(H2,18,20,23)/t15-/m0/s1. The quantitative estimate of drug-likeness (QED) is 0.851. The lowest BCUT2D eigenvalue weighted by Crippen LogP contribution is -2.36. The molecule has 0 unspecified atom stereocenters. The highest BCUT2D eigenvalue weighted by atomic mass is 16.5. The smallest absolute Gasteiger partial charge is 0.319 e. The molecule has 7 heteroatoms. The van der Waals surface area contributed by atoms with Gasteiger partial charge in [-0.3, -0.25) is 4.68 Å². The fraction of sp³-hybridized carbons (Fsp3) is 0.412. The molecule has 1 aromatic heterocycles. The Balaban J connectivity index is 1.95. The van der Waals surface area contributed by atoms with E-state index in [0.717, 1.165) is 22.6 Å². The zero-order valence-corrected chi connectivity index (χ0v) is 14.8. The maximum Gasteiger partial charge on any atom is 0.319 e. The third kappa shape index (κ3) is 4.48. The van der Waals surface area contributed by atoms with Crippen molar-refractivity contribution >= 4 is 11.7 Å². The summed E-state index contributed by atoms with van der Waals surface area (Å²) < 4.78 is 6.98. The van der Waals surface area contributed by atoms with Crippen LogP contribution in [0.4, 0.5) is 10.5 Å². The van der Waals surface area contributed by atoms with Crippen LogP contribution in [0.5, 0.6) is 5.75 Å². The molecule has 1 atom stereocenters. The molecule has 2 rings (SSSR count). The predicted octanol–water partition coefficient (Wildman–Crippen LogP) is 2.16. The summed E-state index contributed by atoms with van der Waals surface area (Å²) in [5.41, 5.74) is 2.76. The van der Waals surface area contributed by atoms with E-state index in [0.29, 0.717) is 6.54 Å². The van der Waals surface area contributed by atoms with Gasteiger partial charge in [-0.25, -0.2) is 4.79 Å². The molecule has 130 valence electrons. The van der Waals surface area contributed by atoms with Crippen LogP contribution in [0.3, 0.4) is 0 Å². The lowest BCUT2D eigenvalue weighted by molar-refractivity contribution is 0.243. The molecule has 0 spiro atoms. The molecule has 0 saturated heterocycles. The summed E-state index contributed by atoms with van der Waals surface area (Å²) in [6.45, 7) is 2.42. The Labute approximate surface area is 142 Å². The molecule has 0 saturated carbocycles. The molecule has 2 N–H and O–H groups in total. The molecule has 0 radical (unpaired) electrons.